The van der Waals surface area contributed by atoms with Gasteiger partial charge in [-0.2, -0.15) is 0 Å². The molecular formula is C64H61N. The second-order valence-electron chi connectivity index (χ2n) is 20.4. The van der Waals surface area contributed by atoms with Crippen molar-refractivity contribution in [2.45, 2.75) is 90.4 Å². The summed E-state index contributed by atoms with van der Waals surface area (Å²) < 4.78 is 0. The SMILES string of the molecule is CC(C)(C)c1cc(-c2ccccc2N(c2ccc(-c3ccc(-c4cccc5ccccc45)cc3)cc2)c2ccccc2-c2cccc3cccc(C4CCCCC4)c23)cc(C(C)(C)C)c1. The third-order valence-electron chi connectivity index (χ3n) is 14.0. The summed E-state index contributed by atoms with van der Waals surface area (Å²) in [5, 5.41) is 5.26. The highest BCUT2D eigenvalue weighted by molar-refractivity contribution is 6.04. The zero-order valence-electron chi connectivity index (χ0n) is 39.0. The fourth-order valence-corrected chi connectivity index (χ4v) is 10.3. The third-order valence-corrected chi connectivity index (χ3v) is 14.0. The van der Waals surface area contributed by atoms with Crippen LogP contribution in [0.2, 0.25) is 0 Å². The van der Waals surface area contributed by atoms with Crippen LogP contribution in [-0.2, 0) is 10.8 Å². The normalized spacial score (nSPS) is 13.6. The Morgan fingerprint density at radius 3 is 1.54 bits per heavy atom. The number of anilines is 3. The molecule has 1 saturated carbocycles. The first-order chi connectivity index (χ1) is 31.5. The van der Waals surface area contributed by atoms with E-state index in [2.05, 4.69) is 241 Å². The van der Waals surface area contributed by atoms with Gasteiger partial charge in [0.2, 0.25) is 0 Å². The van der Waals surface area contributed by atoms with Crippen molar-refractivity contribution in [3.63, 3.8) is 0 Å². The van der Waals surface area contributed by atoms with Crippen LogP contribution in [0.1, 0.15) is 96.3 Å². The maximum absolute atomic E-state index is 2.53. The van der Waals surface area contributed by atoms with Crippen molar-refractivity contribution in [3.05, 3.63) is 211 Å². The van der Waals surface area contributed by atoms with E-state index in [0.717, 1.165) is 11.4 Å². The maximum atomic E-state index is 2.53. The van der Waals surface area contributed by atoms with Gasteiger partial charge in [-0.1, -0.05) is 231 Å². The van der Waals surface area contributed by atoms with Crippen molar-refractivity contribution in [2.24, 2.45) is 0 Å². The molecule has 1 heteroatoms. The molecule has 1 aliphatic rings. The average Bonchev–Trinajstić information content (AvgIpc) is 3.34. The van der Waals surface area contributed by atoms with Crippen LogP contribution >= 0.6 is 0 Å². The molecule has 0 saturated heterocycles. The summed E-state index contributed by atoms with van der Waals surface area (Å²) in [5.74, 6) is 0.582. The lowest BCUT2D eigenvalue weighted by atomic mass is 9.78. The minimum Gasteiger partial charge on any atom is -0.309 e. The summed E-state index contributed by atoms with van der Waals surface area (Å²) in [6, 6.07) is 73.0. The molecule has 10 rings (SSSR count). The highest BCUT2D eigenvalue weighted by Crippen LogP contribution is 2.48. The second kappa shape index (κ2) is 17.4. The van der Waals surface area contributed by atoms with Crippen LogP contribution in [0, 0.1) is 0 Å². The molecule has 0 aromatic heterocycles. The molecule has 0 amide bonds. The molecule has 0 unspecified atom stereocenters. The van der Waals surface area contributed by atoms with Crippen LogP contribution in [0.25, 0.3) is 66.1 Å². The van der Waals surface area contributed by atoms with Crippen molar-refractivity contribution in [2.75, 3.05) is 4.90 Å². The van der Waals surface area contributed by atoms with Crippen LogP contribution < -0.4 is 4.90 Å². The van der Waals surface area contributed by atoms with Crippen LogP contribution in [0.3, 0.4) is 0 Å². The maximum Gasteiger partial charge on any atom is 0.0540 e. The summed E-state index contributed by atoms with van der Waals surface area (Å²) in [6.07, 6.45) is 6.48. The van der Waals surface area contributed by atoms with E-state index in [-0.39, 0.29) is 10.8 Å². The zero-order valence-corrected chi connectivity index (χ0v) is 39.0. The first-order valence-corrected chi connectivity index (χ1v) is 23.9. The molecule has 1 aliphatic carbocycles. The molecule has 0 N–H and O–H groups in total. The van der Waals surface area contributed by atoms with E-state index in [1.54, 1.807) is 0 Å². The van der Waals surface area contributed by atoms with Gasteiger partial charge in [0.15, 0.2) is 0 Å². The van der Waals surface area contributed by atoms with E-state index < -0.39 is 0 Å². The number of benzene rings is 9. The van der Waals surface area contributed by atoms with Gasteiger partial charge in [-0.15, -0.1) is 0 Å². The molecular weight excluding hydrogens is 783 g/mol. The molecule has 0 atom stereocenters. The average molecular weight is 844 g/mol. The van der Waals surface area contributed by atoms with Crippen LogP contribution in [-0.4, -0.2) is 0 Å². The Morgan fingerprint density at radius 2 is 0.877 bits per heavy atom. The smallest absolute Gasteiger partial charge is 0.0540 e. The van der Waals surface area contributed by atoms with E-state index in [9.17, 15) is 0 Å². The highest BCUT2D eigenvalue weighted by atomic mass is 15.1. The van der Waals surface area contributed by atoms with Crippen LogP contribution in [0.4, 0.5) is 17.1 Å². The van der Waals surface area contributed by atoms with Crippen LogP contribution in [0.15, 0.2) is 194 Å². The Hall–Kier alpha value is -6.70. The Balaban J connectivity index is 1.14. The van der Waals surface area contributed by atoms with E-state index in [1.165, 1.54) is 121 Å². The minimum atomic E-state index is -0.00936. The zero-order chi connectivity index (χ0) is 44.7. The molecule has 0 heterocycles. The summed E-state index contributed by atoms with van der Waals surface area (Å²) in [7, 11) is 0. The number of para-hydroxylation sites is 2. The molecule has 9 aromatic rings. The Bertz CT molecular complexity index is 3090. The summed E-state index contributed by atoms with van der Waals surface area (Å²) in [5.41, 5.74) is 17.5. The number of nitrogens with zero attached hydrogens (tertiary/aromatic N) is 1. The van der Waals surface area contributed by atoms with Crippen LogP contribution in [0.5, 0.6) is 0 Å². The number of rotatable bonds is 8. The lowest BCUT2D eigenvalue weighted by Gasteiger charge is -2.31. The van der Waals surface area contributed by atoms with Gasteiger partial charge in [0.05, 0.1) is 11.4 Å². The molecule has 65 heavy (non-hydrogen) atoms. The first-order valence-electron chi connectivity index (χ1n) is 23.9. The van der Waals surface area contributed by atoms with E-state index in [4.69, 9.17) is 0 Å². The molecule has 1 nitrogen and oxygen atoms in total. The van der Waals surface area contributed by atoms with E-state index in [1.807, 2.05) is 0 Å². The second-order valence-corrected chi connectivity index (χ2v) is 20.4. The van der Waals surface area contributed by atoms with Gasteiger partial charge >= 0.3 is 0 Å². The first kappa shape index (κ1) is 42.3. The fraction of sp³-hybridized carbons (Fsp3) is 0.219. The number of hydrogen-bond acceptors (Lipinski definition) is 1. The molecule has 9 aromatic carbocycles. The largest absolute Gasteiger partial charge is 0.309 e. The van der Waals surface area contributed by atoms with Crippen molar-refractivity contribution in [1.82, 2.24) is 0 Å². The van der Waals surface area contributed by atoms with Crippen molar-refractivity contribution < 1.29 is 0 Å². The number of hydrogen-bond donors (Lipinski definition) is 0. The van der Waals surface area contributed by atoms with Gasteiger partial charge < -0.3 is 4.90 Å². The minimum absolute atomic E-state index is 0.00936. The lowest BCUT2D eigenvalue weighted by Crippen LogP contribution is -2.17. The topological polar surface area (TPSA) is 3.24 Å². The third kappa shape index (κ3) is 8.42. The molecule has 0 aliphatic heterocycles. The predicted octanol–water partition coefficient (Wildman–Crippen LogP) is 18.8. The fourth-order valence-electron chi connectivity index (χ4n) is 10.3. The van der Waals surface area contributed by atoms with Gasteiger partial charge in [-0.05, 0) is 125 Å². The van der Waals surface area contributed by atoms with Gasteiger partial charge in [-0.25, -0.2) is 0 Å². The molecule has 322 valence electrons. The Morgan fingerprint density at radius 1 is 0.385 bits per heavy atom. The molecule has 0 radical (unpaired) electrons. The molecule has 1 fully saturated rings. The summed E-state index contributed by atoms with van der Waals surface area (Å²) in [6.45, 7) is 14.0. The summed E-state index contributed by atoms with van der Waals surface area (Å²) in [4.78, 5) is 2.53. The Labute approximate surface area is 387 Å². The predicted molar refractivity (Wildman–Crippen MR) is 281 cm³/mol. The lowest BCUT2D eigenvalue weighted by molar-refractivity contribution is 0.445. The van der Waals surface area contributed by atoms with Crippen molar-refractivity contribution in [3.8, 4) is 44.5 Å². The summed E-state index contributed by atoms with van der Waals surface area (Å²) >= 11 is 0. The van der Waals surface area contributed by atoms with E-state index >= 15 is 0 Å². The van der Waals surface area contributed by atoms with Crippen molar-refractivity contribution in [1.29, 1.82) is 0 Å². The van der Waals surface area contributed by atoms with Gasteiger partial charge in [0.1, 0.15) is 0 Å². The molecule has 0 bridgehead atoms. The van der Waals surface area contributed by atoms with E-state index in [0.29, 0.717) is 5.92 Å². The Kier molecular flexibility index (Phi) is 11.3. The van der Waals surface area contributed by atoms with Gasteiger partial charge in [0.25, 0.3) is 0 Å². The highest BCUT2D eigenvalue weighted by Gasteiger charge is 2.26. The molecule has 0 spiro atoms. The monoisotopic (exact) mass is 843 g/mol. The number of fused-ring (bicyclic) bond motifs is 2. The van der Waals surface area contributed by atoms with Gasteiger partial charge in [-0.3, -0.25) is 0 Å². The standard InChI is InChI=1S/C64H61N/c1-63(2,3)51-41-50(42-52(43-51)64(4,5)6)56-26-12-14-31-60(56)65(53-39-37-45(38-40-53)44-33-35-48(36-34-44)55-28-16-22-46-21-10-11-25-54(46)55)61-32-15-13-27-58(61)59-30-18-24-49-23-17-29-57(62(49)59)47-19-8-7-9-20-47/h10-18,21-43,47H,7-9,19-20H2,1-6H3. The van der Waals surface area contributed by atoms with Crippen molar-refractivity contribution >= 4 is 38.6 Å². The van der Waals surface area contributed by atoms with Gasteiger partial charge in [0, 0.05) is 16.8 Å². The quantitative estimate of drug-likeness (QED) is 0.147.